The minimum atomic E-state index is -0.131. The maximum absolute atomic E-state index is 12.7. The van der Waals surface area contributed by atoms with Crippen LogP contribution in [-0.2, 0) is 4.74 Å². The van der Waals surface area contributed by atoms with Crippen LogP contribution in [0.1, 0.15) is 19.3 Å². The Labute approximate surface area is 165 Å². The second kappa shape index (κ2) is 9.20. The second-order valence-electron chi connectivity index (χ2n) is 6.92. The van der Waals surface area contributed by atoms with Crippen molar-refractivity contribution in [2.45, 2.75) is 31.4 Å². The third-order valence-corrected chi connectivity index (χ3v) is 5.25. The van der Waals surface area contributed by atoms with Gasteiger partial charge in [0.15, 0.2) is 0 Å². The lowest BCUT2D eigenvalue weighted by Gasteiger charge is -2.26. The summed E-state index contributed by atoms with van der Waals surface area (Å²) >= 11 is 6.14. The highest BCUT2D eigenvalue weighted by molar-refractivity contribution is 6.30. The van der Waals surface area contributed by atoms with E-state index in [4.69, 9.17) is 27.5 Å². The maximum Gasteiger partial charge on any atom is 0.318 e. The number of ether oxygens (including phenoxy) is 2. The molecule has 2 amide bonds. The number of rotatable bonds is 6. The topological polar surface area (TPSA) is 54.0 Å². The second-order valence-corrected chi connectivity index (χ2v) is 7.35. The third kappa shape index (κ3) is 5.00. The number of nitrogens with zero attached hydrogens (tertiary/aromatic N) is 2. The van der Waals surface area contributed by atoms with Gasteiger partial charge in [-0.15, -0.1) is 6.42 Å². The molecule has 7 heteroatoms. The fourth-order valence-electron chi connectivity index (χ4n) is 3.64. The summed E-state index contributed by atoms with van der Waals surface area (Å²) < 4.78 is 11.1. The van der Waals surface area contributed by atoms with E-state index in [9.17, 15) is 4.79 Å². The van der Waals surface area contributed by atoms with Crippen LogP contribution in [0.2, 0.25) is 5.02 Å². The molecule has 2 aliphatic rings. The van der Waals surface area contributed by atoms with Crippen molar-refractivity contribution < 1.29 is 14.3 Å². The number of carbonyl (C=O) groups excluding carboxylic acids is 1. The maximum atomic E-state index is 12.7. The van der Waals surface area contributed by atoms with Crippen LogP contribution in [-0.4, -0.2) is 63.0 Å². The number of benzene rings is 1. The van der Waals surface area contributed by atoms with E-state index >= 15 is 0 Å². The Morgan fingerprint density at radius 1 is 1.52 bits per heavy atom. The van der Waals surface area contributed by atoms with Crippen molar-refractivity contribution in [1.82, 2.24) is 10.2 Å². The Bertz CT molecular complexity index is 700. The van der Waals surface area contributed by atoms with Gasteiger partial charge in [0.05, 0.1) is 25.4 Å². The summed E-state index contributed by atoms with van der Waals surface area (Å²) in [5.74, 6) is 3.35. The first-order valence-corrected chi connectivity index (χ1v) is 9.67. The van der Waals surface area contributed by atoms with Gasteiger partial charge in [0.2, 0.25) is 0 Å². The van der Waals surface area contributed by atoms with Crippen molar-refractivity contribution in [1.29, 1.82) is 0 Å². The molecule has 0 aromatic heterocycles. The molecule has 0 radical (unpaired) electrons. The standard InChI is InChI=1S/C20H26ClN3O3/c1-3-9-24(14-17-5-4-11-27-17)20(25)22-16-8-10-23(13-16)18-12-15(21)6-7-19(18)26-2/h1,6-7,12,16-17H,4-5,8-11,13-14H2,2H3,(H,22,25)/t16-,17-/m0/s1. The Balaban J connectivity index is 1.59. The zero-order chi connectivity index (χ0) is 19.2. The lowest BCUT2D eigenvalue weighted by molar-refractivity contribution is 0.0842. The summed E-state index contributed by atoms with van der Waals surface area (Å²) in [5.41, 5.74) is 0.946. The van der Waals surface area contributed by atoms with Crippen molar-refractivity contribution >= 4 is 23.3 Å². The van der Waals surface area contributed by atoms with Gasteiger partial charge in [-0.1, -0.05) is 17.5 Å². The molecule has 1 aromatic carbocycles. The SMILES string of the molecule is C#CCN(C[C@@H]1CCCO1)C(=O)N[C@H]1CCN(c2cc(Cl)ccc2OC)C1. The van der Waals surface area contributed by atoms with E-state index < -0.39 is 0 Å². The Hall–Kier alpha value is -2.10. The normalized spacial score (nSPS) is 21.7. The molecule has 0 unspecified atom stereocenters. The molecule has 3 rings (SSSR count). The molecule has 1 aromatic rings. The summed E-state index contributed by atoms with van der Waals surface area (Å²) in [6.07, 6.45) is 8.39. The molecular weight excluding hydrogens is 366 g/mol. The molecule has 6 nitrogen and oxygen atoms in total. The highest BCUT2D eigenvalue weighted by Crippen LogP contribution is 2.33. The highest BCUT2D eigenvalue weighted by Gasteiger charge is 2.28. The van der Waals surface area contributed by atoms with Crippen molar-refractivity contribution in [3.05, 3.63) is 23.2 Å². The molecule has 0 aliphatic carbocycles. The highest BCUT2D eigenvalue weighted by atomic mass is 35.5. The predicted octanol–water partition coefficient (Wildman–Crippen LogP) is 2.75. The predicted molar refractivity (Wildman–Crippen MR) is 107 cm³/mol. The monoisotopic (exact) mass is 391 g/mol. The van der Waals surface area contributed by atoms with Crippen LogP contribution in [0.15, 0.2) is 18.2 Å². The van der Waals surface area contributed by atoms with Crippen molar-refractivity contribution in [3.8, 4) is 18.1 Å². The van der Waals surface area contributed by atoms with Crippen molar-refractivity contribution in [2.75, 3.05) is 44.8 Å². The molecule has 2 atom stereocenters. The molecule has 27 heavy (non-hydrogen) atoms. The molecule has 2 heterocycles. The number of carbonyl (C=O) groups is 1. The van der Waals surface area contributed by atoms with E-state index in [0.717, 1.165) is 43.9 Å². The Morgan fingerprint density at radius 3 is 3.07 bits per heavy atom. The molecule has 2 aliphatic heterocycles. The van der Waals surface area contributed by atoms with Crippen molar-refractivity contribution in [3.63, 3.8) is 0 Å². The molecule has 2 saturated heterocycles. The third-order valence-electron chi connectivity index (χ3n) is 5.01. The number of hydrogen-bond acceptors (Lipinski definition) is 4. The molecular formula is C20H26ClN3O3. The smallest absolute Gasteiger partial charge is 0.318 e. The number of terminal acetylenes is 1. The van der Waals surface area contributed by atoms with Gasteiger partial charge in [0.1, 0.15) is 5.75 Å². The van der Waals surface area contributed by atoms with E-state index in [-0.39, 0.29) is 24.7 Å². The average molecular weight is 392 g/mol. The quantitative estimate of drug-likeness (QED) is 0.757. The number of hydrogen-bond donors (Lipinski definition) is 1. The van der Waals surface area contributed by atoms with Gasteiger partial charge >= 0.3 is 6.03 Å². The largest absolute Gasteiger partial charge is 0.495 e. The average Bonchev–Trinajstić information content (AvgIpc) is 3.33. The Kier molecular flexibility index (Phi) is 6.70. The summed E-state index contributed by atoms with van der Waals surface area (Å²) in [6, 6.07) is 5.48. The molecule has 146 valence electrons. The van der Waals surface area contributed by atoms with Gasteiger partial charge in [-0.2, -0.15) is 0 Å². The first-order chi connectivity index (χ1) is 13.1. The molecule has 0 bridgehead atoms. The van der Waals surface area contributed by atoms with Crippen molar-refractivity contribution in [2.24, 2.45) is 0 Å². The summed E-state index contributed by atoms with van der Waals surface area (Å²) in [7, 11) is 1.64. The van der Waals surface area contributed by atoms with Gasteiger partial charge in [0, 0.05) is 37.3 Å². The molecule has 1 N–H and O–H groups in total. The first-order valence-electron chi connectivity index (χ1n) is 9.29. The van der Waals surface area contributed by atoms with Gasteiger partial charge in [-0.05, 0) is 37.5 Å². The van der Waals surface area contributed by atoms with Crippen LogP contribution in [0.5, 0.6) is 5.75 Å². The summed E-state index contributed by atoms with van der Waals surface area (Å²) in [5, 5.41) is 3.77. The van der Waals surface area contributed by atoms with E-state index in [0.29, 0.717) is 18.1 Å². The fourth-order valence-corrected chi connectivity index (χ4v) is 3.80. The number of nitrogens with one attached hydrogen (secondary N) is 1. The van der Waals surface area contributed by atoms with Gasteiger partial charge < -0.3 is 24.6 Å². The first kappa shape index (κ1) is 19.7. The zero-order valence-electron chi connectivity index (χ0n) is 15.6. The minimum absolute atomic E-state index is 0.0472. The summed E-state index contributed by atoms with van der Waals surface area (Å²) in [4.78, 5) is 16.5. The number of urea groups is 1. The van der Waals surface area contributed by atoms with Crippen LogP contribution in [0, 0.1) is 12.3 Å². The van der Waals surface area contributed by atoms with Crippen LogP contribution in [0.3, 0.4) is 0 Å². The van der Waals surface area contributed by atoms with E-state index in [1.165, 1.54) is 0 Å². The van der Waals surface area contributed by atoms with Crippen LogP contribution in [0.4, 0.5) is 10.5 Å². The molecule has 0 spiro atoms. The Morgan fingerprint density at radius 2 is 2.37 bits per heavy atom. The lowest BCUT2D eigenvalue weighted by Crippen LogP contribution is -2.48. The van der Waals surface area contributed by atoms with Crippen LogP contribution >= 0.6 is 11.6 Å². The minimum Gasteiger partial charge on any atom is -0.495 e. The number of methoxy groups -OCH3 is 1. The fraction of sp³-hybridized carbons (Fsp3) is 0.550. The number of amides is 2. The molecule has 0 saturated carbocycles. The van der Waals surface area contributed by atoms with Gasteiger partial charge in [-0.3, -0.25) is 0 Å². The van der Waals surface area contributed by atoms with E-state index in [1.807, 2.05) is 18.2 Å². The van der Waals surface area contributed by atoms with Crippen LogP contribution < -0.4 is 15.0 Å². The number of anilines is 1. The van der Waals surface area contributed by atoms with E-state index in [2.05, 4.69) is 16.1 Å². The van der Waals surface area contributed by atoms with Gasteiger partial charge in [0.25, 0.3) is 0 Å². The van der Waals surface area contributed by atoms with Crippen LogP contribution in [0.25, 0.3) is 0 Å². The van der Waals surface area contributed by atoms with Gasteiger partial charge in [-0.25, -0.2) is 4.79 Å². The van der Waals surface area contributed by atoms with E-state index in [1.54, 1.807) is 12.0 Å². The lowest BCUT2D eigenvalue weighted by atomic mass is 10.2. The summed E-state index contributed by atoms with van der Waals surface area (Å²) in [6.45, 7) is 3.10. The number of halogens is 1. The molecule has 2 fully saturated rings. The zero-order valence-corrected chi connectivity index (χ0v) is 16.4.